The van der Waals surface area contributed by atoms with Gasteiger partial charge in [-0.2, -0.15) is 5.10 Å². The highest BCUT2D eigenvalue weighted by molar-refractivity contribution is 5.70. The van der Waals surface area contributed by atoms with Crippen LogP contribution in [0.25, 0.3) is 22.5 Å². The molecule has 1 saturated heterocycles. The molecule has 1 aliphatic rings. The van der Waals surface area contributed by atoms with Crippen molar-refractivity contribution in [3.05, 3.63) is 54.1 Å². The van der Waals surface area contributed by atoms with E-state index in [9.17, 15) is 0 Å². The van der Waals surface area contributed by atoms with Crippen molar-refractivity contribution in [3.63, 3.8) is 0 Å². The zero-order valence-electron chi connectivity index (χ0n) is 15.5. The molecule has 4 rings (SSSR count). The van der Waals surface area contributed by atoms with Gasteiger partial charge in [0.25, 0.3) is 0 Å². The van der Waals surface area contributed by atoms with Crippen molar-refractivity contribution < 1.29 is 0 Å². The molecule has 26 heavy (non-hydrogen) atoms. The molecule has 1 aliphatic heterocycles. The van der Waals surface area contributed by atoms with Crippen LogP contribution in [0.15, 0.2) is 42.7 Å². The molecule has 5 heteroatoms. The largest absolute Gasteiger partial charge is 0.301 e. The van der Waals surface area contributed by atoms with Crippen molar-refractivity contribution in [2.45, 2.75) is 33.2 Å². The molecule has 2 aromatic heterocycles. The second-order valence-corrected chi connectivity index (χ2v) is 7.04. The van der Waals surface area contributed by atoms with Crippen LogP contribution in [0.4, 0.5) is 0 Å². The van der Waals surface area contributed by atoms with Crippen molar-refractivity contribution >= 4 is 0 Å². The van der Waals surface area contributed by atoms with Gasteiger partial charge in [0.15, 0.2) is 0 Å². The third kappa shape index (κ3) is 3.68. The predicted molar refractivity (Wildman–Crippen MR) is 104 cm³/mol. The molecule has 0 spiro atoms. The molecule has 0 amide bonds. The first-order valence-corrected chi connectivity index (χ1v) is 9.36. The summed E-state index contributed by atoms with van der Waals surface area (Å²) in [7, 11) is 0. The first-order valence-electron chi connectivity index (χ1n) is 9.36. The number of aromatic nitrogens is 4. The Hall–Kier alpha value is -2.53. The van der Waals surface area contributed by atoms with Crippen LogP contribution in [0.5, 0.6) is 0 Å². The van der Waals surface area contributed by atoms with Gasteiger partial charge in [-0.3, -0.25) is 9.67 Å². The van der Waals surface area contributed by atoms with E-state index in [2.05, 4.69) is 56.1 Å². The molecule has 0 atom stereocenters. The summed E-state index contributed by atoms with van der Waals surface area (Å²) in [6.45, 7) is 8.46. The maximum atomic E-state index is 4.77. The minimum Gasteiger partial charge on any atom is -0.301 e. The van der Waals surface area contributed by atoms with Crippen LogP contribution in [-0.4, -0.2) is 44.3 Å². The highest BCUT2D eigenvalue weighted by Gasteiger charge is 2.12. The summed E-state index contributed by atoms with van der Waals surface area (Å²) >= 11 is 0. The molecule has 3 aromatic rings. The molecule has 0 saturated carbocycles. The molecule has 0 radical (unpaired) electrons. The van der Waals surface area contributed by atoms with E-state index in [1.807, 2.05) is 20.0 Å². The summed E-state index contributed by atoms with van der Waals surface area (Å²) < 4.78 is 2.05. The van der Waals surface area contributed by atoms with Gasteiger partial charge in [0.05, 0.1) is 29.3 Å². The number of likely N-dealkylation sites (tertiary alicyclic amines) is 1. The van der Waals surface area contributed by atoms with Gasteiger partial charge in [-0.15, -0.1) is 0 Å². The maximum Gasteiger partial charge on any atom is 0.0923 e. The average molecular weight is 347 g/mol. The first-order chi connectivity index (χ1) is 12.7. The third-order valence-corrected chi connectivity index (χ3v) is 4.99. The molecule has 134 valence electrons. The number of rotatable bonds is 5. The Morgan fingerprint density at radius 2 is 1.81 bits per heavy atom. The SMILES string of the molecule is Cc1cnc(C)c(-c2cccc(-c3ccn(CCN4CCCC4)n3)c2)n1. The number of nitrogens with zero attached hydrogens (tertiary/aromatic N) is 5. The molecule has 0 bridgehead atoms. The monoisotopic (exact) mass is 347 g/mol. The molecule has 0 unspecified atom stereocenters. The maximum absolute atomic E-state index is 4.77. The lowest BCUT2D eigenvalue weighted by atomic mass is 10.0. The Balaban J connectivity index is 1.54. The fourth-order valence-electron chi connectivity index (χ4n) is 3.53. The summed E-state index contributed by atoms with van der Waals surface area (Å²) in [5.41, 5.74) is 6.03. The van der Waals surface area contributed by atoms with Crippen LogP contribution in [0, 0.1) is 13.8 Å². The predicted octanol–water partition coefficient (Wildman–Crippen LogP) is 3.72. The quantitative estimate of drug-likeness (QED) is 0.706. The van der Waals surface area contributed by atoms with E-state index in [0.717, 1.165) is 47.0 Å². The standard InChI is InChI=1S/C21H25N5/c1-16-15-22-17(2)21(23-16)19-7-5-6-18(14-19)20-8-11-26(24-20)13-12-25-9-3-4-10-25/h5-8,11,14-15H,3-4,9-10,12-13H2,1-2H3. The van der Waals surface area contributed by atoms with E-state index in [1.165, 1.54) is 25.9 Å². The van der Waals surface area contributed by atoms with Gasteiger partial charge < -0.3 is 4.90 Å². The van der Waals surface area contributed by atoms with Crippen molar-refractivity contribution in [2.24, 2.45) is 0 Å². The van der Waals surface area contributed by atoms with E-state index in [1.54, 1.807) is 0 Å². The number of hydrogen-bond donors (Lipinski definition) is 0. The second kappa shape index (κ2) is 7.38. The van der Waals surface area contributed by atoms with E-state index in [-0.39, 0.29) is 0 Å². The van der Waals surface area contributed by atoms with Gasteiger partial charge in [-0.1, -0.05) is 18.2 Å². The van der Waals surface area contributed by atoms with Gasteiger partial charge in [-0.05, 0) is 51.9 Å². The Bertz CT molecular complexity index is 893. The average Bonchev–Trinajstić information content (AvgIpc) is 3.34. The van der Waals surface area contributed by atoms with Crippen LogP contribution in [-0.2, 0) is 6.54 Å². The van der Waals surface area contributed by atoms with E-state index in [0.29, 0.717) is 0 Å². The van der Waals surface area contributed by atoms with Crippen molar-refractivity contribution in [2.75, 3.05) is 19.6 Å². The summed E-state index contributed by atoms with van der Waals surface area (Å²) in [4.78, 5) is 11.6. The lowest BCUT2D eigenvalue weighted by molar-refractivity contribution is 0.316. The molecule has 0 aliphatic carbocycles. The van der Waals surface area contributed by atoms with Crippen LogP contribution in [0.1, 0.15) is 24.2 Å². The minimum absolute atomic E-state index is 0.933. The van der Waals surface area contributed by atoms with Crippen molar-refractivity contribution in [1.82, 2.24) is 24.6 Å². The molecular weight excluding hydrogens is 322 g/mol. The van der Waals surface area contributed by atoms with Gasteiger partial charge in [0.1, 0.15) is 0 Å². The highest BCUT2D eigenvalue weighted by Crippen LogP contribution is 2.25. The van der Waals surface area contributed by atoms with Gasteiger partial charge >= 0.3 is 0 Å². The lowest BCUT2D eigenvalue weighted by Crippen LogP contribution is -2.24. The van der Waals surface area contributed by atoms with Crippen LogP contribution >= 0.6 is 0 Å². The van der Waals surface area contributed by atoms with Crippen LogP contribution in [0.2, 0.25) is 0 Å². The summed E-state index contributed by atoms with van der Waals surface area (Å²) in [5, 5.41) is 4.77. The minimum atomic E-state index is 0.933. The van der Waals surface area contributed by atoms with Crippen LogP contribution < -0.4 is 0 Å². The van der Waals surface area contributed by atoms with Gasteiger partial charge in [0, 0.05) is 30.1 Å². The van der Waals surface area contributed by atoms with Gasteiger partial charge in [-0.25, -0.2) is 4.98 Å². The third-order valence-electron chi connectivity index (χ3n) is 4.99. The molecule has 3 heterocycles. The van der Waals surface area contributed by atoms with E-state index >= 15 is 0 Å². The number of hydrogen-bond acceptors (Lipinski definition) is 4. The van der Waals surface area contributed by atoms with E-state index in [4.69, 9.17) is 5.10 Å². The Kier molecular flexibility index (Phi) is 4.80. The second-order valence-electron chi connectivity index (χ2n) is 7.04. The normalized spacial score (nSPS) is 14.8. The fourth-order valence-corrected chi connectivity index (χ4v) is 3.53. The zero-order valence-corrected chi connectivity index (χ0v) is 15.5. The molecule has 5 nitrogen and oxygen atoms in total. The number of benzene rings is 1. The van der Waals surface area contributed by atoms with E-state index < -0.39 is 0 Å². The van der Waals surface area contributed by atoms with Crippen molar-refractivity contribution in [1.29, 1.82) is 0 Å². The van der Waals surface area contributed by atoms with Gasteiger partial charge in [0.2, 0.25) is 0 Å². The Labute approximate surface area is 154 Å². The summed E-state index contributed by atoms with van der Waals surface area (Å²) in [5.74, 6) is 0. The fraction of sp³-hybridized carbons (Fsp3) is 0.381. The van der Waals surface area contributed by atoms with Crippen molar-refractivity contribution in [3.8, 4) is 22.5 Å². The lowest BCUT2D eigenvalue weighted by Gasteiger charge is -2.13. The smallest absolute Gasteiger partial charge is 0.0923 e. The Morgan fingerprint density at radius 1 is 1.00 bits per heavy atom. The highest BCUT2D eigenvalue weighted by atomic mass is 15.3. The molecule has 1 fully saturated rings. The zero-order chi connectivity index (χ0) is 17.9. The Morgan fingerprint density at radius 3 is 2.65 bits per heavy atom. The van der Waals surface area contributed by atoms with Crippen LogP contribution in [0.3, 0.4) is 0 Å². The topological polar surface area (TPSA) is 46.8 Å². The summed E-state index contributed by atoms with van der Waals surface area (Å²) in [6.07, 6.45) is 6.55. The number of aryl methyl sites for hydroxylation is 2. The summed E-state index contributed by atoms with van der Waals surface area (Å²) in [6, 6.07) is 10.5. The first kappa shape index (κ1) is 16.9. The molecular formula is C21H25N5. The molecule has 0 N–H and O–H groups in total. The molecule has 1 aromatic carbocycles.